The number of hydrogen-bond donors (Lipinski definition) is 1. The molecular formula is C23H21ClN4O5. The molecule has 2 aromatic carbocycles. The monoisotopic (exact) mass is 468 g/mol. The minimum atomic E-state index is -0.514. The molecule has 0 radical (unpaired) electrons. The molecule has 0 saturated heterocycles. The molecule has 0 bridgehead atoms. The van der Waals surface area contributed by atoms with E-state index in [1.54, 1.807) is 36.3 Å². The highest BCUT2D eigenvalue weighted by Gasteiger charge is 2.35. The number of hydrogen-bond acceptors (Lipinski definition) is 7. The topological polar surface area (TPSA) is 99.0 Å². The molecule has 3 aromatic rings. The summed E-state index contributed by atoms with van der Waals surface area (Å²) in [6.07, 6.45) is 0. The fraction of sp³-hybridized carbons (Fsp3) is 0.261. The Hall–Kier alpha value is -3.56. The lowest BCUT2D eigenvalue weighted by Gasteiger charge is -2.35. The highest BCUT2D eigenvalue weighted by molar-refractivity contribution is 6.30. The molecule has 0 fully saturated rings. The molecular weight excluding hydrogens is 448 g/mol. The van der Waals surface area contributed by atoms with Crippen LogP contribution in [0.1, 0.15) is 24.4 Å². The average molecular weight is 469 g/mol. The van der Waals surface area contributed by atoms with Crippen LogP contribution in [0.2, 0.25) is 5.02 Å². The van der Waals surface area contributed by atoms with E-state index in [1.165, 1.54) is 0 Å². The van der Waals surface area contributed by atoms with Crippen molar-refractivity contribution in [3.05, 3.63) is 64.6 Å². The number of benzene rings is 2. The van der Waals surface area contributed by atoms with E-state index in [0.717, 1.165) is 11.1 Å². The lowest BCUT2D eigenvalue weighted by molar-refractivity contribution is 0.158. The van der Waals surface area contributed by atoms with Crippen molar-refractivity contribution < 1.29 is 23.5 Å². The number of halogens is 1. The zero-order chi connectivity index (χ0) is 22.9. The molecule has 1 aromatic heterocycles. The van der Waals surface area contributed by atoms with Crippen LogP contribution in [0.4, 0.5) is 4.79 Å². The van der Waals surface area contributed by atoms with Crippen LogP contribution >= 0.6 is 11.6 Å². The summed E-state index contributed by atoms with van der Waals surface area (Å²) in [5.41, 5.74) is 2.91. The van der Waals surface area contributed by atoms with Crippen LogP contribution in [0, 0.1) is 0 Å². The van der Waals surface area contributed by atoms with Crippen LogP contribution < -0.4 is 14.8 Å². The van der Waals surface area contributed by atoms with Gasteiger partial charge in [-0.3, -0.25) is 4.90 Å². The van der Waals surface area contributed by atoms with Crippen LogP contribution in [0.5, 0.6) is 11.5 Å². The fourth-order valence-corrected chi connectivity index (χ4v) is 4.13. The number of carbonyl (C=O) groups excluding carboxylic acids is 1. The first-order chi connectivity index (χ1) is 16.0. The van der Waals surface area contributed by atoms with E-state index >= 15 is 0 Å². The van der Waals surface area contributed by atoms with E-state index in [2.05, 4.69) is 15.5 Å². The van der Waals surface area contributed by atoms with Gasteiger partial charge in [0.05, 0.1) is 24.8 Å². The molecule has 2 aliphatic heterocycles. The van der Waals surface area contributed by atoms with Crippen LogP contribution in [-0.4, -0.2) is 48.1 Å². The summed E-state index contributed by atoms with van der Waals surface area (Å²) in [7, 11) is 1.59. The molecule has 0 saturated carbocycles. The van der Waals surface area contributed by atoms with E-state index in [-0.39, 0.29) is 12.8 Å². The summed E-state index contributed by atoms with van der Waals surface area (Å²) in [6.45, 7) is 2.79. The highest BCUT2D eigenvalue weighted by atomic mass is 35.5. The van der Waals surface area contributed by atoms with Gasteiger partial charge in [-0.2, -0.15) is 4.98 Å². The van der Waals surface area contributed by atoms with Gasteiger partial charge in [-0.1, -0.05) is 28.9 Å². The van der Waals surface area contributed by atoms with Crippen molar-refractivity contribution in [3.63, 3.8) is 0 Å². The number of aromatic nitrogens is 2. The van der Waals surface area contributed by atoms with Crippen LogP contribution in [0.3, 0.4) is 0 Å². The smallest absolute Gasteiger partial charge is 0.322 e. The second kappa shape index (κ2) is 8.76. The summed E-state index contributed by atoms with van der Waals surface area (Å²) < 4.78 is 21.7. The zero-order valence-corrected chi connectivity index (χ0v) is 18.8. The Labute approximate surface area is 194 Å². The van der Waals surface area contributed by atoms with Gasteiger partial charge in [0.25, 0.3) is 5.89 Å². The molecule has 170 valence electrons. The normalized spacial score (nSPS) is 17.5. The minimum absolute atomic E-state index is 0.181. The Kier molecular flexibility index (Phi) is 5.65. The van der Waals surface area contributed by atoms with E-state index in [0.29, 0.717) is 52.7 Å². The molecule has 0 spiro atoms. The van der Waals surface area contributed by atoms with Gasteiger partial charge in [0.1, 0.15) is 0 Å². The third kappa shape index (κ3) is 4.01. The molecule has 2 aliphatic rings. The standard InChI is InChI=1S/C23H21ClN4O5/c1-13-19(22-26-21(27-33-22)15-6-7-17-18(11-15)32-12-31-17)20(14-4-3-5-16(24)10-14)25-23(29)28(13)8-9-30-2/h3-7,10-11,20H,8-9,12H2,1-2H3,(H,25,29). The summed E-state index contributed by atoms with van der Waals surface area (Å²) >= 11 is 6.23. The van der Waals surface area contributed by atoms with Crippen molar-refractivity contribution in [2.45, 2.75) is 13.0 Å². The summed E-state index contributed by atoms with van der Waals surface area (Å²) in [6, 6.07) is 12.0. The number of rotatable bonds is 6. The fourth-order valence-electron chi connectivity index (χ4n) is 3.93. The number of fused-ring (bicyclic) bond motifs is 1. The number of nitrogens with one attached hydrogen (secondary N) is 1. The number of urea groups is 1. The SMILES string of the molecule is COCCN1C(=O)NC(c2cccc(Cl)c2)C(c2nc(-c3ccc4c(c3)OCO4)no2)=C1C. The maximum absolute atomic E-state index is 12.9. The van der Waals surface area contributed by atoms with Crippen molar-refractivity contribution in [1.29, 1.82) is 0 Å². The molecule has 3 heterocycles. The van der Waals surface area contributed by atoms with Gasteiger partial charge < -0.3 is 24.1 Å². The average Bonchev–Trinajstić information content (AvgIpc) is 3.48. The lowest BCUT2D eigenvalue weighted by atomic mass is 9.94. The van der Waals surface area contributed by atoms with Gasteiger partial charge in [-0.15, -0.1) is 0 Å². The first-order valence-electron chi connectivity index (χ1n) is 10.3. The maximum Gasteiger partial charge on any atom is 0.322 e. The van der Waals surface area contributed by atoms with E-state index < -0.39 is 6.04 Å². The van der Waals surface area contributed by atoms with Crippen LogP contribution in [0.15, 0.2) is 52.7 Å². The largest absolute Gasteiger partial charge is 0.454 e. The molecule has 1 unspecified atom stereocenters. The molecule has 2 amide bonds. The predicted molar refractivity (Wildman–Crippen MR) is 120 cm³/mol. The van der Waals surface area contributed by atoms with Crippen molar-refractivity contribution in [1.82, 2.24) is 20.4 Å². The Morgan fingerprint density at radius 1 is 1.21 bits per heavy atom. The predicted octanol–water partition coefficient (Wildman–Crippen LogP) is 4.26. The first-order valence-corrected chi connectivity index (χ1v) is 10.7. The Balaban J connectivity index is 1.57. The number of ether oxygens (including phenoxy) is 3. The van der Waals surface area contributed by atoms with Crippen LogP contribution in [-0.2, 0) is 4.74 Å². The third-order valence-electron chi connectivity index (χ3n) is 5.58. The van der Waals surface area contributed by atoms with E-state index in [4.69, 9.17) is 30.3 Å². The van der Waals surface area contributed by atoms with E-state index in [9.17, 15) is 4.79 Å². The molecule has 33 heavy (non-hydrogen) atoms. The van der Waals surface area contributed by atoms with Crippen LogP contribution in [0.25, 0.3) is 17.0 Å². The summed E-state index contributed by atoms with van der Waals surface area (Å²) in [4.78, 5) is 19.1. The molecule has 0 aliphatic carbocycles. The van der Waals surface area contributed by atoms with Gasteiger partial charge in [0.15, 0.2) is 11.5 Å². The first kappa shape index (κ1) is 21.3. The quantitative estimate of drug-likeness (QED) is 0.577. The lowest BCUT2D eigenvalue weighted by Crippen LogP contribution is -2.47. The van der Waals surface area contributed by atoms with Gasteiger partial charge in [0, 0.05) is 23.4 Å². The van der Waals surface area contributed by atoms with E-state index in [1.807, 2.05) is 25.1 Å². The summed E-state index contributed by atoms with van der Waals surface area (Å²) in [5, 5.41) is 7.77. The Morgan fingerprint density at radius 3 is 2.88 bits per heavy atom. The molecule has 1 N–H and O–H groups in total. The summed E-state index contributed by atoms with van der Waals surface area (Å²) in [5.74, 6) is 1.99. The Bertz CT molecular complexity index is 1240. The van der Waals surface area contributed by atoms with Crippen molar-refractivity contribution in [2.75, 3.05) is 27.1 Å². The van der Waals surface area contributed by atoms with Gasteiger partial charge >= 0.3 is 6.03 Å². The van der Waals surface area contributed by atoms with Gasteiger partial charge in [0.2, 0.25) is 12.6 Å². The third-order valence-corrected chi connectivity index (χ3v) is 5.82. The number of carbonyl (C=O) groups is 1. The van der Waals surface area contributed by atoms with Crippen molar-refractivity contribution >= 4 is 23.2 Å². The number of amides is 2. The van der Waals surface area contributed by atoms with Gasteiger partial charge in [-0.25, -0.2) is 4.79 Å². The zero-order valence-electron chi connectivity index (χ0n) is 18.0. The number of methoxy groups -OCH3 is 1. The number of nitrogens with zero attached hydrogens (tertiary/aromatic N) is 3. The molecule has 1 atom stereocenters. The second-order valence-electron chi connectivity index (χ2n) is 7.57. The minimum Gasteiger partial charge on any atom is -0.454 e. The van der Waals surface area contributed by atoms with Crippen molar-refractivity contribution in [2.24, 2.45) is 0 Å². The number of allylic oxidation sites excluding steroid dienone is 1. The molecule has 10 heteroatoms. The Morgan fingerprint density at radius 2 is 2.06 bits per heavy atom. The second-order valence-corrected chi connectivity index (χ2v) is 8.01. The molecule has 9 nitrogen and oxygen atoms in total. The van der Waals surface area contributed by atoms with Gasteiger partial charge in [-0.05, 0) is 42.8 Å². The van der Waals surface area contributed by atoms with Crippen molar-refractivity contribution in [3.8, 4) is 22.9 Å². The molecule has 5 rings (SSSR count). The maximum atomic E-state index is 12.9. The highest BCUT2D eigenvalue weighted by Crippen LogP contribution is 2.39.